The van der Waals surface area contributed by atoms with Gasteiger partial charge in [0.1, 0.15) is 5.82 Å². The van der Waals surface area contributed by atoms with E-state index in [1.165, 1.54) is 19.3 Å². The molecule has 1 aliphatic carbocycles. The van der Waals surface area contributed by atoms with Gasteiger partial charge in [-0.25, -0.2) is 0 Å². The van der Waals surface area contributed by atoms with E-state index in [1.54, 1.807) is 17.2 Å². The van der Waals surface area contributed by atoms with Crippen molar-refractivity contribution < 1.29 is 0 Å². The van der Waals surface area contributed by atoms with Gasteiger partial charge in [0.05, 0.1) is 18.9 Å². The largest absolute Gasteiger partial charge is 0.352 e. The van der Waals surface area contributed by atoms with Crippen LogP contribution in [0.2, 0.25) is 0 Å². The molecule has 3 aromatic rings. The van der Waals surface area contributed by atoms with E-state index in [9.17, 15) is 0 Å². The zero-order valence-corrected chi connectivity index (χ0v) is 14.9. The highest BCUT2D eigenvalue weighted by Crippen LogP contribution is 2.35. The molecular weight excluding hydrogens is 330 g/mol. The summed E-state index contributed by atoms with van der Waals surface area (Å²) >= 11 is 0. The molecule has 9 heteroatoms. The van der Waals surface area contributed by atoms with E-state index in [4.69, 9.17) is 5.10 Å². The molecule has 0 aromatic carbocycles. The minimum atomic E-state index is 0.527. The van der Waals surface area contributed by atoms with Gasteiger partial charge in [0.15, 0.2) is 11.5 Å². The lowest BCUT2D eigenvalue weighted by molar-refractivity contribution is 0.192. The van der Waals surface area contributed by atoms with Crippen LogP contribution in [0.4, 0.5) is 5.82 Å². The van der Waals surface area contributed by atoms with Gasteiger partial charge in [0.2, 0.25) is 0 Å². The Morgan fingerprint density at radius 3 is 2.65 bits per heavy atom. The highest BCUT2D eigenvalue weighted by Gasteiger charge is 2.32. The van der Waals surface area contributed by atoms with Crippen LogP contribution < -0.4 is 4.90 Å². The van der Waals surface area contributed by atoms with Crippen molar-refractivity contribution in [2.24, 2.45) is 0 Å². The molecule has 0 amide bonds. The molecule has 136 valence electrons. The highest BCUT2D eigenvalue weighted by molar-refractivity contribution is 5.48. The standard InChI is InChI=1S/C17H23N9/c1-23(9-10-25-18-7-8-19-25)14-11-24(12-14)16-6-5-15-20-21-17(26(15)22-16)13-3-2-4-13/h5-8,13-14H,2-4,9-12H2,1H3. The van der Waals surface area contributed by atoms with Crippen LogP contribution in [0.25, 0.3) is 5.65 Å². The predicted molar refractivity (Wildman–Crippen MR) is 96.0 cm³/mol. The van der Waals surface area contributed by atoms with Crippen molar-refractivity contribution in [3.8, 4) is 0 Å². The second-order valence-corrected chi connectivity index (χ2v) is 7.31. The zero-order valence-electron chi connectivity index (χ0n) is 14.9. The summed E-state index contributed by atoms with van der Waals surface area (Å²) in [6, 6.07) is 4.62. The Labute approximate surface area is 151 Å². The second kappa shape index (κ2) is 6.31. The van der Waals surface area contributed by atoms with Crippen molar-refractivity contribution in [3.63, 3.8) is 0 Å². The first-order valence-electron chi connectivity index (χ1n) is 9.29. The van der Waals surface area contributed by atoms with Gasteiger partial charge in [-0.2, -0.15) is 19.5 Å². The smallest absolute Gasteiger partial charge is 0.178 e. The molecule has 9 nitrogen and oxygen atoms in total. The van der Waals surface area contributed by atoms with E-state index in [0.717, 1.165) is 43.5 Å². The Hall–Kier alpha value is -2.55. The highest BCUT2D eigenvalue weighted by atomic mass is 15.5. The number of aromatic nitrogens is 7. The van der Waals surface area contributed by atoms with Crippen molar-refractivity contribution in [2.75, 3.05) is 31.6 Å². The van der Waals surface area contributed by atoms with Gasteiger partial charge in [-0.3, -0.25) is 4.90 Å². The molecule has 2 fully saturated rings. The molecule has 0 N–H and O–H groups in total. The van der Waals surface area contributed by atoms with Crippen LogP contribution in [-0.4, -0.2) is 72.4 Å². The van der Waals surface area contributed by atoms with Crippen molar-refractivity contribution >= 4 is 11.5 Å². The minimum Gasteiger partial charge on any atom is -0.352 e. The fourth-order valence-corrected chi connectivity index (χ4v) is 3.60. The maximum atomic E-state index is 4.82. The summed E-state index contributed by atoms with van der Waals surface area (Å²) in [6.07, 6.45) is 7.13. The summed E-state index contributed by atoms with van der Waals surface area (Å²) in [5, 5.41) is 21.8. The third-order valence-electron chi connectivity index (χ3n) is 5.67. The lowest BCUT2D eigenvalue weighted by Crippen LogP contribution is -2.59. The van der Waals surface area contributed by atoms with Crippen LogP contribution in [0.5, 0.6) is 0 Å². The topological polar surface area (TPSA) is 80.3 Å². The van der Waals surface area contributed by atoms with Crippen molar-refractivity contribution in [1.82, 2.24) is 39.7 Å². The third-order valence-corrected chi connectivity index (χ3v) is 5.67. The Bertz CT molecular complexity index is 877. The summed E-state index contributed by atoms with van der Waals surface area (Å²) < 4.78 is 1.94. The van der Waals surface area contributed by atoms with E-state index < -0.39 is 0 Å². The molecule has 26 heavy (non-hydrogen) atoms. The van der Waals surface area contributed by atoms with Crippen LogP contribution in [0.3, 0.4) is 0 Å². The fraction of sp³-hybridized carbons (Fsp3) is 0.588. The number of hydrogen-bond donors (Lipinski definition) is 0. The zero-order chi connectivity index (χ0) is 17.5. The lowest BCUT2D eigenvalue weighted by Gasteiger charge is -2.44. The van der Waals surface area contributed by atoms with Gasteiger partial charge in [0.25, 0.3) is 0 Å². The first-order valence-corrected chi connectivity index (χ1v) is 9.29. The monoisotopic (exact) mass is 353 g/mol. The predicted octanol–water partition coefficient (Wildman–Crippen LogP) is 0.804. The van der Waals surface area contributed by atoms with Crippen LogP contribution in [0, 0.1) is 0 Å². The molecule has 4 heterocycles. The average molecular weight is 353 g/mol. The number of hydrogen-bond acceptors (Lipinski definition) is 7. The van der Waals surface area contributed by atoms with Gasteiger partial charge in [-0.05, 0) is 32.0 Å². The van der Waals surface area contributed by atoms with E-state index in [1.807, 2.05) is 10.6 Å². The molecule has 0 bridgehead atoms. The number of likely N-dealkylation sites (N-methyl/N-ethyl adjacent to an activating group) is 1. The normalized spacial score (nSPS) is 18.5. The fourth-order valence-electron chi connectivity index (χ4n) is 3.60. The Kier molecular flexibility index (Phi) is 3.81. The Morgan fingerprint density at radius 1 is 1.12 bits per heavy atom. The maximum absolute atomic E-state index is 4.82. The molecule has 0 spiro atoms. The first-order chi connectivity index (χ1) is 12.8. The molecule has 0 atom stereocenters. The van der Waals surface area contributed by atoms with E-state index in [0.29, 0.717) is 12.0 Å². The lowest BCUT2D eigenvalue weighted by atomic mass is 9.85. The Morgan fingerprint density at radius 2 is 1.92 bits per heavy atom. The number of fused-ring (bicyclic) bond motifs is 1. The summed E-state index contributed by atoms with van der Waals surface area (Å²) in [7, 11) is 2.16. The van der Waals surface area contributed by atoms with Crippen molar-refractivity contribution in [2.45, 2.75) is 37.8 Å². The van der Waals surface area contributed by atoms with Gasteiger partial charge in [0, 0.05) is 31.6 Å². The van der Waals surface area contributed by atoms with Gasteiger partial charge in [-0.1, -0.05) is 6.42 Å². The van der Waals surface area contributed by atoms with Crippen LogP contribution >= 0.6 is 0 Å². The van der Waals surface area contributed by atoms with Crippen molar-refractivity contribution in [1.29, 1.82) is 0 Å². The summed E-state index contributed by atoms with van der Waals surface area (Å²) in [4.78, 5) is 6.42. The summed E-state index contributed by atoms with van der Waals surface area (Å²) in [6.45, 7) is 3.73. The minimum absolute atomic E-state index is 0.527. The molecular formula is C17H23N9. The van der Waals surface area contributed by atoms with E-state index >= 15 is 0 Å². The summed E-state index contributed by atoms with van der Waals surface area (Å²) in [5.41, 5.74) is 0.844. The molecule has 2 aliphatic rings. The molecule has 3 aromatic heterocycles. The molecule has 1 saturated carbocycles. The van der Waals surface area contributed by atoms with Gasteiger partial charge >= 0.3 is 0 Å². The number of anilines is 1. The van der Waals surface area contributed by atoms with E-state index in [2.05, 4.69) is 43.3 Å². The van der Waals surface area contributed by atoms with E-state index in [-0.39, 0.29) is 0 Å². The SMILES string of the molecule is CN(CCn1nccn1)C1CN(c2ccc3nnc(C4CCC4)n3n2)C1. The van der Waals surface area contributed by atoms with Gasteiger partial charge < -0.3 is 4.90 Å². The van der Waals surface area contributed by atoms with Crippen LogP contribution in [0.1, 0.15) is 31.0 Å². The van der Waals surface area contributed by atoms with Crippen LogP contribution in [0.15, 0.2) is 24.5 Å². The molecule has 1 saturated heterocycles. The number of rotatable bonds is 6. The maximum Gasteiger partial charge on any atom is 0.178 e. The molecule has 1 aliphatic heterocycles. The van der Waals surface area contributed by atoms with Crippen molar-refractivity contribution in [3.05, 3.63) is 30.4 Å². The number of nitrogens with zero attached hydrogens (tertiary/aromatic N) is 9. The molecule has 0 unspecified atom stereocenters. The molecule has 5 rings (SSSR count). The third kappa shape index (κ3) is 2.72. The second-order valence-electron chi connectivity index (χ2n) is 7.31. The Balaban J connectivity index is 1.22. The average Bonchev–Trinajstić information content (AvgIpc) is 3.20. The summed E-state index contributed by atoms with van der Waals surface area (Å²) in [5.74, 6) is 2.56. The molecule has 0 radical (unpaired) electrons. The quantitative estimate of drug-likeness (QED) is 0.648. The van der Waals surface area contributed by atoms with Gasteiger partial charge in [-0.15, -0.1) is 15.3 Å². The first kappa shape index (κ1) is 15.7. The van der Waals surface area contributed by atoms with Crippen LogP contribution in [-0.2, 0) is 6.54 Å².